The van der Waals surface area contributed by atoms with Crippen molar-refractivity contribution in [2.75, 3.05) is 0 Å². The molecule has 0 aliphatic carbocycles. The maximum atomic E-state index is 8.91. The van der Waals surface area contributed by atoms with Gasteiger partial charge in [-0.25, -0.2) is 0 Å². The van der Waals surface area contributed by atoms with E-state index in [1.165, 1.54) is 0 Å². The normalized spacial score (nSPS) is 10.2. The second-order valence-corrected chi connectivity index (χ2v) is 5.04. The fraction of sp³-hybridized carbons (Fsp3) is 0. The van der Waals surface area contributed by atoms with Crippen molar-refractivity contribution in [3.8, 4) is 17.6 Å². The van der Waals surface area contributed by atoms with Gasteiger partial charge in [0.05, 0.1) is 11.1 Å². The summed E-state index contributed by atoms with van der Waals surface area (Å²) in [5.41, 5.74) is 1.47. The highest BCUT2D eigenvalue weighted by Crippen LogP contribution is 2.31. The Morgan fingerprint density at radius 2 is 2.00 bits per heavy atom. The molecule has 0 amide bonds. The average Bonchev–Trinajstić information content (AvgIpc) is 2.48. The average molecular weight is 325 g/mol. The molecule has 0 aliphatic rings. The first-order valence-electron chi connectivity index (χ1n) is 5.99. The summed E-state index contributed by atoms with van der Waals surface area (Å²) < 4.78 is 6.61. The van der Waals surface area contributed by atoms with Gasteiger partial charge in [-0.05, 0) is 58.4 Å². The van der Waals surface area contributed by atoms with Crippen LogP contribution < -0.4 is 4.74 Å². The number of benzene rings is 2. The third-order valence-corrected chi connectivity index (χ3v) is 3.55. The maximum Gasteiger partial charge on any atom is 0.136 e. The molecule has 0 N–H and O–H groups in total. The molecule has 0 atom stereocenters. The predicted octanol–water partition coefficient (Wildman–Crippen LogP) is 4.66. The van der Waals surface area contributed by atoms with E-state index in [9.17, 15) is 0 Å². The van der Waals surface area contributed by atoms with Crippen LogP contribution >= 0.6 is 15.9 Å². The molecule has 0 radical (unpaired) electrons. The summed E-state index contributed by atoms with van der Waals surface area (Å²) in [7, 11) is 0. The van der Waals surface area contributed by atoms with E-state index in [0.717, 1.165) is 21.1 Å². The molecule has 0 saturated heterocycles. The number of aromatic nitrogens is 1. The van der Waals surface area contributed by atoms with E-state index < -0.39 is 0 Å². The van der Waals surface area contributed by atoms with Crippen LogP contribution in [0.1, 0.15) is 5.56 Å². The molecule has 3 rings (SSSR count). The molecular weight excluding hydrogens is 316 g/mol. The van der Waals surface area contributed by atoms with Crippen molar-refractivity contribution in [3.63, 3.8) is 0 Å². The van der Waals surface area contributed by atoms with E-state index in [2.05, 4.69) is 27.0 Å². The molecule has 1 heterocycles. The van der Waals surface area contributed by atoms with Gasteiger partial charge in [-0.2, -0.15) is 5.26 Å². The Morgan fingerprint density at radius 1 is 1.10 bits per heavy atom. The number of fused-ring (bicyclic) bond motifs is 1. The summed E-state index contributed by atoms with van der Waals surface area (Å²) in [4.78, 5) is 4.30. The molecule has 20 heavy (non-hydrogen) atoms. The Hall–Kier alpha value is -2.38. The van der Waals surface area contributed by atoms with Gasteiger partial charge in [0, 0.05) is 16.1 Å². The monoisotopic (exact) mass is 324 g/mol. The number of hydrogen-bond donors (Lipinski definition) is 0. The Morgan fingerprint density at radius 3 is 2.80 bits per heavy atom. The number of ether oxygens (including phenoxy) is 1. The van der Waals surface area contributed by atoms with Crippen molar-refractivity contribution < 1.29 is 4.74 Å². The van der Waals surface area contributed by atoms with Crippen molar-refractivity contribution in [2.45, 2.75) is 0 Å². The largest absolute Gasteiger partial charge is 0.457 e. The van der Waals surface area contributed by atoms with E-state index in [4.69, 9.17) is 10.00 Å². The highest BCUT2D eigenvalue weighted by molar-refractivity contribution is 9.10. The Kier molecular flexibility index (Phi) is 3.36. The molecule has 96 valence electrons. The third-order valence-electron chi connectivity index (χ3n) is 2.89. The summed E-state index contributed by atoms with van der Waals surface area (Å²) in [5, 5.41) is 9.87. The Labute approximate surface area is 124 Å². The SMILES string of the molecule is N#Cc1ccc(Oc2cccc3ncccc23)cc1Br. The highest BCUT2D eigenvalue weighted by Gasteiger charge is 2.06. The smallest absolute Gasteiger partial charge is 0.136 e. The van der Waals surface area contributed by atoms with Crippen LogP contribution in [0.5, 0.6) is 11.5 Å². The molecule has 0 saturated carbocycles. The first kappa shape index (κ1) is 12.6. The first-order chi connectivity index (χ1) is 9.78. The fourth-order valence-electron chi connectivity index (χ4n) is 1.94. The van der Waals surface area contributed by atoms with Gasteiger partial charge >= 0.3 is 0 Å². The minimum Gasteiger partial charge on any atom is -0.457 e. The van der Waals surface area contributed by atoms with Gasteiger partial charge in [0.2, 0.25) is 0 Å². The molecule has 4 heteroatoms. The fourth-order valence-corrected chi connectivity index (χ4v) is 2.39. The first-order valence-corrected chi connectivity index (χ1v) is 6.78. The molecule has 3 aromatic rings. The zero-order valence-electron chi connectivity index (χ0n) is 10.4. The van der Waals surface area contributed by atoms with Crippen LogP contribution in [0, 0.1) is 11.3 Å². The summed E-state index contributed by atoms with van der Waals surface area (Å²) in [6.07, 6.45) is 1.75. The van der Waals surface area contributed by atoms with Gasteiger partial charge in [0.15, 0.2) is 0 Å². The van der Waals surface area contributed by atoms with Crippen LogP contribution in [0.4, 0.5) is 0 Å². The minimum atomic E-state index is 0.580. The van der Waals surface area contributed by atoms with E-state index in [0.29, 0.717) is 11.3 Å². The van der Waals surface area contributed by atoms with E-state index in [1.807, 2.05) is 30.3 Å². The van der Waals surface area contributed by atoms with Gasteiger partial charge in [-0.3, -0.25) is 4.98 Å². The number of hydrogen-bond acceptors (Lipinski definition) is 3. The summed E-state index contributed by atoms with van der Waals surface area (Å²) in [5.74, 6) is 1.42. The standard InChI is InChI=1S/C16H9BrN2O/c17-14-9-12(7-6-11(14)10-18)20-16-5-1-4-15-13(16)3-2-8-19-15/h1-9H. The Balaban J connectivity index is 2.02. The summed E-state index contributed by atoms with van der Waals surface area (Å²) in [6.45, 7) is 0. The zero-order chi connectivity index (χ0) is 13.9. The van der Waals surface area contributed by atoms with E-state index in [1.54, 1.807) is 24.4 Å². The lowest BCUT2D eigenvalue weighted by molar-refractivity contribution is 0.488. The Bertz CT molecular complexity index is 819. The van der Waals surface area contributed by atoms with Crippen molar-refractivity contribution >= 4 is 26.8 Å². The molecule has 0 unspecified atom stereocenters. The molecule has 0 bridgehead atoms. The number of nitriles is 1. The lowest BCUT2D eigenvalue weighted by Gasteiger charge is -2.09. The number of pyridine rings is 1. The molecule has 1 aromatic heterocycles. The molecular formula is C16H9BrN2O. The van der Waals surface area contributed by atoms with Crippen LogP contribution in [0.25, 0.3) is 10.9 Å². The second kappa shape index (κ2) is 5.32. The van der Waals surface area contributed by atoms with Crippen LogP contribution in [0.3, 0.4) is 0 Å². The highest BCUT2D eigenvalue weighted by atomic mass is 79.9. The van der Waals surface area contributed by atoms with Crippen molar-refractivity contribution in [1.82, 2.24) is 4.98 Å². The summed E-state index contributed by atoms with van der Waals surface area (Å²) in [6, 6.07) is 17.0. The third kappa shape index (κ3) is 2.36. The number of nitrogens with zero attached hydrogens (tertiary/aromatic N) is 2. The lowest BCUT2D eigenvalue weighted by Crippen LogP contribution is -1.88. The molecule has 3 nitrogen and oxygen atoms in total. The zero-order valence-corrected chi connectivity index (χ0v) is 12.0. The van der Waals surface area contributed by atoms with Gasteiger partial charge in [0.25, 0.3) is 0 Å². The molecule has 0 spiro atoms. The number of rotatable bonds is 2. The summed E-state index contributed by atoms with van der Waals surface area (Å²) >= 11 is 3.36. The van der Waals surface area contributed by atoms with Gasteiger partial charge < -0.3 is 4.74 Å². The minimum absolute atomic E-state index is 0.580. The van der Waals surface area contributed by atoms with Crippen LogP contribution in [-0.2, 0) is 0 Å². The van der Waals surface area contributed by atoms with Crippen LogP contribution in [0.15, 0.2) is 59.2 Å². The quantitative estimate of drug-likeness (QED) is 0.688. The maximum absolute atomic E-state index is 8.91. The molecule has 2 aromatic carbocycles. The van der Waals surface area contributed by atoms with Crippen molar-refractivity contribution in [3.05, 3.63) is 64.8 Å². The van der Waals surface area contributed by atoms with Crippen molar-refractivity contribution in [1.29, 1.82) is 5.26 Å². The molecule has 0 fully saturated rings. The van der Waals surface area contributed by atoms with Gasteiger partial charge in [-0.15, -0.1) is 0 Å². The molecule has 0 aliphatic heterocycles. The topological polar surface area (TPSA) is 45.9 Å². The van der Waals surface area contributed by atoms with Crippen LogP contribution in [0.2, 0.25) is 0 Å². The van der Waals surface area contributed by atoms with Crippen LogP contribution in [-0.4, -0.2) is 4.98 Å². The lowest BCUT2D eigenvalue weighted by atomic mass is 10.2. The predicted molar refractivity (Wildman–Crippen MR) is 80.7 cm³/mol. The number of halogens is 1. The van der Waals surface area contributed by atoms with Crippen molar-refractivity contribution in [2.24, 2.45) is 0 Å². The second-order valence-electron chi connectivity index (χ2n) is 4.18. The van der Waals surface area contributed by atoms with Gasteiger partial charge in [0.1, 0.15) is 17.6 Å². The van der Waals surface area contributed by atoms with E-state index in [-0.39, 0.29) is 0 Å². The van der Waals surface area contributed by atoms with Gasteiger partial charge in [-0.1, -0.05) is 6.07 Å². The van der Waals surface area contributed by atoms with E-state index >= 15 is 0 Å².